The number of nitrogens with one attached hydrogen (secondary N) is 1. The van der Waals surface area contributed by atoms with Gasteiger partial charge in [0.2, 0.25) is 0 Å². The number of pyridine rings is 1. The number of rotatable bonds is 5. The van der Waals surface area contributed by atoms with E-state index < -0.39 is 0 Å². The minimum Gasteiger partial charge on any atom is -0.348 e. The van der Waals surface area contributed by atoms with Gasteiger partial charge in [-0.2, -0.15) is 0 Å². The van der Waals surface area contributed by atoms with Crippen LogP contribution < -0.4 is 5.32 Å². The minimum atomic E-state index is -0.0710. The first kappa shape index (κ1) is 15.4. The maximum Gasteiger partial charge on any atom is 0.270 e. The lowest BCUT2D eigenvalue weighted by Gasteiger charge is -2.32. The summed E-state index contributed by atoms with van der Waals surface area (Å²) in [4.78, 5) is 18.8. The molecule has 1 saturated heterocycles. The largest absolute Gasteiger partial charge is 0.348 e. The molecule has 1 aromatic heterocycles. The van der Waals surface area contributed by atoms with Gasteiger partial charge in [-0.15, -0.1) is 0 Å². The quantitative estimate of drug-likeness (QED) is 0.839. The predicted octanol–water partition coefficient (Wildman–Crippen LogP) is 2.84. The molecule has 1 fully saturated rings. The summed E-state index contributed by atoms with van der Waals surface area (Å²) in [7, 11) is 0. The highest BCUT2D eigenvalue weighted by molar-refractivity contribution is 9.10. The molecule has 1 N–H and O–H groups in total. The number of amides is 1. The van der Waals surface area contributed by atoms with Crippen molar-refractivity contribution in [2.24, 2.45) is 0 Å². The molecule has 0 bridgehead atoms. The summed E-state index contributed by atoms with van der Waals surface area (Å²) in [6.45, 7) is 5.57. The van der Waals surface area contributed by atoms with Gasteiger partial charge in [-0.25, -0.2) is 4.98 Å². The van der Waals surface area contributed by atoms with Crippen LogP contribution in [0.2, 0.25) is 0 Å². The topological polar surface area (TPSA) is 45.2 Å². The normalized spacial score (nSPS) is 17.1. The lowest BCUT2D eigenvalue weighted by atomic mass is 10.0. The van der Waals surface area contributed by atoms with E-state index in [1.807, 2.05) is 12.1 Å². The Morgan fingerprint density at radius 1 is 1.45 bits per heavy atom. The van der Waals surface area contributed by atoms with E-state index in [0.717, 1.165) is 25.9 Å². The number of aromatic nitrogens is 1. The number of hydrogen-bond acceptors (Lipinski definition) is 3. The Labute approximate surface area is 129 Å². The lowest BCUT2D eigenvalue weighted by molar-refractivity contribution is 0.0905. The molecule has 0 aromatic carbocycles. The number of carbonyl (C=O) groups is 1. The van der Waals surface area contributed by atoms with E-state index in [9.17, 15) is 4.79 Å². The molecule has 2 heterocycles. The highest BCUT2D eigenvalue weighted by Crippen LogP contribution is 2.12. The highest BCUT2D eigenvalue weighted by Gasteiger charge is 2.21. The van der Waals surface area contributed by atoms with Gasteiger partial charge >= 0.3 is 0 Å². The van der Waals surface area contributed by atoms with Crippen molar-refractivity contribution in [1.29, 1.82) is 0 Å². The van der Waals surface area contributed by atoms with Gasteiger partial charge in [0, 0.05) is 19.1 Å². The van der Waals surface area contributed by atoms with Crippen molar-refractivity contribution < 1.29 is 4.79 Å². The van der Waals surface area contributed by atoms with Crippen molar-refractivity contribution in [1.82, 2.24) is 15.2 Å². The highest BCUT2D eigenvalue weighted by atomic mass is 79.9. The van der Waals surface area contributed by atoms with E-state index in [-0.39, 0.29) is 11.9 Å². The van der Waals surface area contributed by atoms with Crippen molar-refractivity contribution in [3.8, 4) is 0 Å². The summed E-state index contributed by atoms with van der Waals surface area (Å²) in [5.74, 6) is -0.0710. The monoisotopic (exact) mass is 339 g/mol. The van der Waals surface area contributed by atoms with Crippen LogP contribution in [0.25, 0.3) is 0 Å². The second-order valence-electron chi connectivity index (χ2n) is 5.29. The number of hydrogen-bond donors (Lipinski definition) is 1. The van der Waals surface area contributed by atoms with E-state index >= 15 is 0 Å². The van der Waals surface area contributed by atoms with Crippen LogP contribution in [0.15, 0.2) is 22.8 Å². The minimum absolute atomic E-state index is 0.0710. The van der Waals surface area contributed by atoms with Crippen LogP contribution in [0.5, 0.6) is 0 Å². The molecule has 0 spiro atoms. The lowest BCUT2D eigenvalue weighted by Crippen LogP contribution is -2.45. The molecule has 5 heteroatoms. The van der Waals surface area contributed by atoms with Crippen LogP contribution >= 0.6 is 15.9 Å². The second kappa shape index (κ2) is 7.74. The molecule has 1 aliphatic heterocycles. The SMILES string of the molecule is CCCCN1CCC(NC(=O)c2cccc(Br)n2)CC1. The average Bonchev–Trinajstić information content (AvgIpc) is 2.46. The van der Waals surface area contributed by atoms with E-state index in [1.54, 1.807) is 6.07 Å². The Kier molecular flexibility index (Phi) is 5.98. The molecule has 0 aliphatic carbocycles. The Balaban J connectivity index is 1.79. The first-order chi connectivity index (χ1) is 9.69. The molecule has 0 radical (unpaired) electrons. The Hall–Kier alpha value is -0.940. The number of piperidine rings is 1. The third-order valence-corrected chi connectivity index (χ3v) is 4.14. The molecule has 1 amide bonds. The van der Waals surface area contributed by atoms with Gasteiger partial charge in [0.15, 0.2) is 0 Å². The summed E-state index contributed by atoms with van der Waals surface area (Å²) in [5, 5.41) is 3.09. The first-order valence-corrected chi connectivity index (χ1v) is 8.14. The molecule has 1 aliphatic rings. The van der Waals surface area contributed by atoms with Gasteiger partial charge < -0.3 is 10.2 Å². The van der Waals surface area contributed by atoms with Crippen LogP contribution in [0.1, 0.15) is 43.1 Å². The second-order valence-corrected chi connectivity index (χ2v) is 6.10. The fourth-order valence-electron chi connectivity index (χ4n) is 2.48. The molecule has 110 valence electrons. The fourth-order valence-corrected chi connectivity index (χ4v) is 2.82. The van der Waals surface area contributed by atoms with Gasteiger partial charge in [-0.3, -0.25) is 4.79 Å². The molecule has 4 nitrogen and oxygen atoms in total. The van der Waals surface area contributed by atoms with Gasteiger partial charge in [0.25, 0.3) is 5.91 Å². The van der Waals surface area contributed by atoms with Crippen molar-refractivity contribution in [3.63, 3.8) is 0 Å². The standard InChI is InChI=1S/C15H22BrN3O/c1-2-3-9-19-10-7-12(8-11-19)17-15(20)13-5-4-6-14(16)18-13/h4-6,12H,2-3,7-11H2,1H3,(H,17,20). The Bertz CT molecular complexity index is 444. The zero-order valence-electron chi connectivity index (χ0n) is 11.9. The van der Waals surface area contributed by atoms with Crippen LogP contribution in [0.3, 0.4) is 0 Å². The van der Waals surface area contributed by atoms with Crippen LogP contribution in [0.4, 0.5) is 0 Å². The zero-order chi connectivity index (χ0) is 14.4. The number of carbonyl (C=O) groups excluding carboxylic acids is 1. The first-order valence-electron chi connectivity index (χ1n) is 7.35. The van der Waals surface area contributed by atoms with E-state index in [4.69, 9.17) is 0 Å². The summed E-state index contributed by atoms with van der Waals surface area (Å²) in [5.41, 5.74) is 0.479. The smallest absolute Gasteiger partial charge is 0.270 e. The van der Waals surface area contributed by atoms with E-state index in [0.29, 0.717) is 10.3 Å². The van der Waals surface area contributed by atoms with Crippen molar-refractivity contribution in [2.75, 3.05) is 19.6 Å². The number of halogens is 1. The molecule has 20 heavy (non-hydrogen) atoms. The third-order valence-electron chi connectivity index (χ3n) is 3.70. The number of nitrogens with zero attached hydrogens (tertiary/aromatic N) is 2. The number of likely N-dealkylation sites (tertiary alicyclic amines) is 1. The molecule has 0 unspecified atom stereocenters. The summed E-state index contributed by atoms with van der Waals surface area (Å²) in [6, 6.07) is 5.68. The van der Waals surface area contributed by atoms with Gasteiger partial charge in [-0.05, 0) is 53.9 Å². The van der Waals surface area contributed by atoms with Crippen LogP contribution in [-0.4, -0.2) is 41.5 Å². The zero-order valence-corrected chi connectivity index (χ0v) is 13.5. The summed E-state index contributed by atoms with van der Waals surface area (Å²) >= 11 is 3.29. The molecule has 1 aromatic rings. The van der Waals surface area contributed by atoms with Gasteiger partial charge in [-0.1, -0.05) is 19.4 Å². The average molecular weight is 340 g/mol. The van der Waals surface area contributed by atoms with Crippen LogP contribution in [0, 0.1) is 0 Å². The predicted molar refractivity (Wildman–Crippen MR) is 83.8 cm³/mol. The number of unbranched alkanes of at least 4 members (excludes halogenated alkanes) is 1. The van der Waals surface area contributed by atoms with Crippen LogP contribution in [-0.2, 0) is 0 Å². The molecule has 0 atom stereocenters. The molecule has 0 saturated carbocycles. The molecular formula is C15H22BrN3O. The van der Waals surface area contributed by atoms with E-state index in [1.165, 1.54) is 19.4 Å². The third kappa shape index (κ3) is 4.56. The maximum absolute atomic E-state index is 12.1. The molecule has 2 rings (SSSR count). The van der Waals surface area contributed by atoms with Crippen molar-refractivity contribution >= 4 is 21.8 Å². The van der Waals surface area contributed by atoms with E-state index in [2.05, 4.69) is 38.1 Å². The Morgan fingerprint density at radius 2 is 2.20 bits per heavy atom. The van der Waals surface area contributed by atoms with Gasteiger partial charge in [0.05, 0.1) is 0 Å². The summed E-state index contributed by atoms with van der Waals surface area (Å²) in [6.07, 6.45) is 4.57. The van der Waals surface area contributed by atoms with Gasteiger partial charge in [0.1, 0.15) is 10.3 Å². The fraction of sp³-hybridized carbons (Fsp3) is 0.600. The Morgan fingerprint density at radius 3 is 2.85 bits per heavy atom. The van der Waals surface area contributed by atoms with Crippen molar-refractivity contribution in [2.45, 2.75) is 38.6 Å². The summed E-state index contributed by atoms with van der Waals surface area (Å²) < 4.78 is 0.694. The molecular weight excluding hydrogens is 318 g/mol. The van der Waals surface area contributed by atoms with Crippen molar-refractivity contribution in [3.05, 3.63) is 28.5 Å². The maximum atomic E-state index is 12.1.